The average molecular weight is 435 g/mol. The van der Waals surface area contributed by atoms with E-state index in [0.29, 0.717) is 19.0 Å². The summed E-state index contributed by atoms with van der Waals surface area (Å²) in [6, 6.07) is 11.6. The molecule has 1 aliphatic heterocycles. The minimum atomic E-state index is -0.0648. The molecule has 0 saturated carbocycles. The van der Waals surface area contributed by atoms with Crippen molar-refractivity contribution in [2.24, 2.45) is 0 Å². The van der Waals surface area contributed by atoms with E-state index in [0.717, 1.165) is 42.8 Å². The van der Waals surface area contributed by atoms with E-state index < -0.39 is 0 Å². The summed E-state index contributed by atoms with van der Waals surface area (Å²) in [5.41, 5.74) is 3.89. The van der Waals surface area contributed by atoms with Gasteiger partial charge in [0.15, 0.2) is 0 Å². The van der Waals surface area contributed by atoms with Crippen molar-refractivity contribution in [3.63, 3.8) is 0 Å². The Bertz CT molecular complexity index is 1080. The van der Waals surface area contributed by atoms with Gasteiger partial charge in [0.25, 0.3) is 0 Å². The van der Waals surface area contributed by atoms with Gasteiger partial charge < -0.3 is 25.4 Å². The Balaban J connectivity index is 1.27. The lowest BCUT2D eigenvalue weighted by Gasteiger charge is -2.32. The van der Waals surface area contributed by atoms with Gasteiger partial charge in [-0.05, 0) is 68.2 Å². The third-order valence-electron chi connectivity index (χ3n) is 5.82. The number of likely N-dealkylation sites (N-methyl/N-ethyl adjacent to an activating group) is 1. The second kappa shape index (κ2) is 9.82. The summed E-state index contributed by atoms with van der Waals surface area (Å²) in [7, 11) is 3.71. The van der Waals surface area contributed by atoms with Crippen molar-refractivity contribution in [2.75, 3.05) is 39.0 Å². The quantitative estimate of drug-likeness (QED) is 0.556. The number of nitrogens with zero attached hydrogens (tertiary/aromatic N) is 3. The summed E-state index contributed by atoms with van der Waals surface area (Å²) < 4.78 is 0. The minimum Gasteiger partial charge on any atom is -0.346 e. The normalized spacial score (nSPS) is 14.7. The number of fused-ring (bicyclic) bond motifs is 1. The Hall–Kier alpha value is -3.39. The number of nitrogens with one attached hydrogen (secondary N) is 3. The zero-order valence-corrected chi connectivity index (χ0v) is 18.6. The minimum absolute atomic E-state index is 0.0499. The molecule has 3 aromatic rings. The molecule has 1 saturated heterocycles. The highest BCUT2D eigenvalue weighted by Crippen LogP contribution is 2.32. The number of piperidine rings is 1. The van der Waals surface area contributed by atoms with E-state index in [2.05, 4.69) is 32.9 Å². The van der Waals surface area contributed by atoms with Crippen LogP contribution in [0.25, 0.3) is 11.0 Å². The van der Waals surface area contributed by atoms with Crippen LogP contribution in [-0.2, 0) is 11.3 Å². The number of anilines is 1. The Morgan fingerprint density at radius 2 is 2.00 bits per heavy atom. The number of carbonyl (C=O) groups excluding carboxylic acids is 2. The summed E-state index contributed by atoms with van der Waals surface area (Å²) in [6.45, 7) is 2.20. The molecule has 168 valence electrons. The summed E-state index contributed by atoms with van der Waals surface area (Å²) in [6.07, 6.45) is 5.72. The predicted molar refractivity (Wildman–Crippen MR) is 126 cm³/mol. The van der Waals surface area contributed by atoms with Gasteiger partial charge in [0.2, 0.25) is 5.91 Å². The van der Waals surface area contributed by atoms with Gasteiger partial charge in [-0.3, -0.25) is 4.79 Å². The topological polar surface area (TPSA) is 93.4 Å². The van der Waals surface area contributed by atoms with E-state index in [1.165, 1.54) is 10.9 Å². The SMILES string of the molecule is CN(C)CC(=O)Nc1cccc(CNC(=O)N2CCC(c3c[nH]c4ncccc34)CC2)c1. The number of urea groups is 1. The van der Waals surface area contributed by atoms with Gasteiger partial charge in [0.1, 0.15) is 5.65 Å². The van der Waals surface area contributed by atoms with Gasteiger partial charge >= 0.3 is 6.03 Å². The van der Waals surface area contributed by atoms with Crippen molar-refractivity contribution >= 4 is 28.7 Å². The maximum atomic E-state index is 12.7. The van der Waals surface area contributed by atoms with E-state index in [9.17, 15) is 9.59 Å². The van der Waals surface area contributed by atoms with Crippen molar-refractivity contribution < 1.29 is 9.59 Å². The molecule has 1 fully saturated rings. The first-order chi connectivity index (χ1) is 15.5. The fourth-order valence-electron chi connectivity index (χ4n) is 4.24. The first kappa shape index (κ1) is 21.8. The van der Waals surface area contributed by atoms with Crippen molar-refractivity contribution in [1.82, 2.24) is 25.1 Å². The second-order valence-corrected chi connectivity index (χ2v) is 8.55. The molecule has 1 aromatic carbocycles. The molecule has 4 rings (SSSR count). The average Bonchev–Trinajstić information content (AvgIpc) is 3.21. The van der Waals surface area contributed by atoms with Crippen LogP contribution in [0, 0.1) is 0 Å². The van der Waals surface area contributed by atoms with Crippen LogP contribution in [0.15, 0.2) is 48.8 Å². The first-order valence-electron chi connectivity index (χ1n) is 11.0. The molecule has 8 nitrogen and oxygen atoms in total. The van der Waals surface area contributed by atoms with Crippen LogP contribution < -0.4 is 10.6 Å². The van der Waals surface area contributed by atoms with Gasteiger partial charge in [0, 0.05) is 43.1 Å². The largest absolute Gasteiger partial charge is 0.346 e. The van der Waals surface area contributed by atoms with Gasteiger partial charge in [-0.1, -0.05) is 12.1 Å². The van der Waals surface area contributed by atoms with Gasteiger partial charge in [-0.15, -0.1) is 0 Å². The van der Waals surface area contributed by atoms with E-state index in [4.69, 9.17) is 0 Å². The van der Waals surface area contributed by atoms with Crippen LogP contribution in [0.4, 0.5) is 10.5 Å². The molecule has 2 aromatic heterocycles. The zero-order valence-electron chi connectivity index (χ0n) is 18.6. The molecule has 0 bridgehead atoms. The number of rotatable bonds is 6. The van der Waals surface area contributed by atoms with Crippen molar-refractivity contribution in [3.05, 3.63) is 59.9 Å². The number of carbonyl (C=O) groups is 2. The van der Waals surface area contributed by atoms with Gasteiger partial charge in [0.05, 0.1) is 6.54 Å². The van der Waals surface area contributed by atoms with Gasteiger partial charge in [-0.2, -0.15) is 0 Å². The number of pyridine rings is 1. The molecule has 3 heterocycles. The third kappa shape index (κ3) is 5.26. The summed E-state index contributed by atoms with van der Waals surface area (Å²) in [5.74, 6) is 0.365. The number of likely N-dealkylation sites (tertiary alicyclic amines) is 1. The number of benzene rings is 1. The predicted octanol–water partition coefficient (Wildman–Crippen LogP) is 3.15. The fourth-order valence-corrected chi connectivity index (χ4v) is 4.24. The number of aromatic amines is 1. The molecule has 0 radical (unpaired) electrons. The number of hydrogen-bond acceptors (Lipinski definition) is 4. The Morgan fingerprint density at radius 3 is 2.78 bits per heavy atom. The highest BCUT2D eigenvalue weighted by molar-refractivity contribution is 5.92. The highest BCUT2D eigenvalue weighted by Gasteiger charge is 2.25. The Labute approximate surface area is 188 Å². The lowest BCUT2D eigenvalue weighted by atomic mass is 9.89. The van der Waals surface area contributed by atoms with E-state index in [1.54, 1.807) is 6.20 Å². The molecule has 8 heteroatoms. The number of hydrogen-bond donors (Lipinski definition) is 3. The molecule has 3 amide bonds. The lowest BCUT2D eigenvalue weighted by Crippen LogP contribution is -2.43. The molecule has 0 aliphatic carbocycles. The monoisotopic (exact) mass is 434 g/mol. The molecule has 0 spiro atoms. The van der Waals surface area contributed by atoms with Crippen LogP contribution in [0.5, 0.6) is 0 Å². The molecular formula is C24H30N6O2. The third-order valence-corrected chi connectivity index (χ3v) is 5.82. The highest BCUT2D eigenvalue weighted by atomic mass is 16.2. The Kier molecular flexibility index (Phi) is 6.70. The smallest absolute Gasteiger partial charge is 0.317 e. The molecule has 1 aliphatic rings. The first-order valence-corrected chi connectivity index (χ1v) is 11.0. The second-order valence-electron chi connectivity index (χ2n) is 8.55. The van der Waals surface area contributed by atoms with Crippen molar-refractivity contribution in [1.29, 1.82) is 0 Å². The molecule has 3 N–H and O–H groups in total. The molecular weight excluding hydrogens is 404 g/mol. The maximum absolute atomic E-state index is 12.7. The Morgan fingerprint density at radius 1 is 1.19 bits per heavy atom. The summed E-state index contributed by atoms with van der Waals surface area (Å²) >= 11 is 0. The number of amides is 3. The fraction of sp³-hybridized carbons (Fsp3) is 0.375. The van der Waals surface area contributed by atoms with Crippen LogP contribution in [0.1, 0.15) is 29.9 Å². The maximum Gasteiger partial charge on any atom is 0.317 e. The summed E-state index contributed by atoms with van der Waals surface area (Å²) in [5, 5.41) is 7.07. The van der Waals surface area contributed by atoms with Crippen LogP contribution >= 0.6 is 0 Å². The van der Waals surface area contributed by atoms with E-state index in [1.807, 2.05) is 54.2 Å². The summed E-state index contributed by atoms with van der Waals surface area (Å²) in [4.78, 5) is 36.0. The van der Waals surface area contributed by atoms with E-state index in [-0.39, 0.29) is 11.9 Å². The van der Waals surface area contributed by atoms with Crippen molar-refractivity contribution in [3.8, 4) is 0 Å². The number of H-pyrrole nitrogens is 1. The zero-order chi connectivity index (χ0) is 22.5. The standard InChI is InChI=1S/C24H30N6O2/c1-29(2)16-22(31)28-19-6-3-5-17(13-19)14-27-24(32)30-11-8-18(9-12-30)21-15-26-23-20(21)7-4-10-25-23/h3-7,10,13,15,18H,8-9,11-12,14,16H2,1-2H3,(H,25,26)(H,27,32)(H,28,31). The van der Waals surface area contributed by atoms with E-state index >= 15 is 0 Å². The van der Waals surface area contributed by atoms with Gasteiger partial charge in [-0.25, -0.2) is 9.78 Å². The van der Waals surface area contributed by atoms with Crippen LogP contribution in [-0.4, -0.2) is 65.4 Å². The van der Waals surface area contributed by atoms with Crippen molar-refractivity contribution in [2.45, 2.75) is 25.3 Å². The molecule has 32 heavy (non-hydrogen) atoms. The molecule has 0 atom stereocenters. The number of aromatic nitrogens is 2. The van der Waals surface area contributed by atoms with Crippen LogP contribution in [0.3, 0.4) is 0 Å². The lowest BCUT2D eigenvalue weighted by molar-refractivity contribution is -0.116. The molecule has 0 unspecified atom stereocenters. The van der Waals surface area contributed by atoms with Crippen LogP contribution in [0.2, 0.25) is 0 Å².